The third-order valence-corrected chi connectivity index (χ3v) is 5.17. The van der Waals surface area contributed by atoms with Crippen molar-refractivity contribution in [3.8, 4) is 0 Å². The Morgan fingerprint density at radius 1 is 1.52 bits per heavy atom. The fourth-order valence-electron chi connectivity index (χ4n) is 2.81. The van der Waals surface area contributed by atoms with Gasteiger partial charge in [0.25, 0.3) is 0 Å². The largest absolute Gasteiger partial charge is 0.543 e. The molecule has 1 N–H and O–H groups in total. The molecule has 3 aromatic rings. The lowest BCUT2D eigenvalue weighted by Crippen LogP contribution is -2.31. The molecule has 0 saturated heterocycles. The second-order valence-electron chi connectivity index (χ2n) is 6.44. The lowest BCUT2D eigenvalue weighted by molar-refractivity contribution is -0.294. The molecule has 0 fully saturated rings. The van der Waals surface area contributed by atoms with E-state index in [2.05, 4.69) is 39.4 Å². The number of fused-ring (bicyclic) bond motifs is 5. The Morgan fingerprint density at radius 3 is 3.08 bits per heavy atom. The number of nitrogens with zero attached hydrogens (tertiary/aromatic N) is 5. The Hall–Kier alpha value is -2.59. The molecular weight excluding hydrogens is 344 g/mol. The van der Waals surface area contributed by atoms with Crippen LogP contribution in [-0.2, 0) is 22.6 Å². The molecule has 3 aromatic heterocycles. The van der Waals surface area contributed by atoms with Crippen LogP contribution in [0, 0.1) is 0 Å². The summed E-state index contributed by atoms with van der Waals surface area (Å²) < 4.78 is 7.40. The highest BCUT2D eigenvalue weighted by atomic mass is 32.1. The third kappa shape index (κ3) is 2.63. The van der Waals surface area contributed by atoms with Gasteiger partial charge in [0.05, 0.1) is 29.3 Å². The van der Waals surface area contributed by atoms with Crippen molar-refractivity contribution in [3.63, 3.8) is 0 Å². The molecule has 0 radical (unpaired) electrons. The van der Waals surface area contributed by atoms with Crippen LogP contribution in [0.25, 0.3) is 15.9 Å². The molecule has 0 aromatic carbocycles. The number of hydrogen-bond donors (Lipinski definition) is 1. The average Bonchev–Trinajstić information content (AvgIpc) is 3.14. The quantitative estimate of drug-likeness (QED) is 0.541. The maximum absolute atomic E-state index is 10.8. The van der Waals surface area contributed by atoms with E-state index >= 15 is 0 Å². The molecule has 0 amide bonds. The lowest BCUT2D eigenvalue weighted by atomic mass is 9.94. The number of carbonyl (C=O) groups excluding carboxylic acids is 1. The predicted molar refractivity (Wildman–Crippen MR) is 90.5 cm³/mol. The van der Waals surface area contributed by atoms with Gasteiger partial charge in [0, 0.05) is 11.3 Å². The Balaban J connectivity index is 1.89. The Bertz CT molecular complexity index is 1030. The molecule has 4 rings (SSSR count). The lowest BCUT2D eigenvalue weighted by Gasteiger charge is -2.30. The molecule has 25 heavy (non-hydrogen) atoms. The highest BCUT2D eigenvalue weighted by Crippen LogP contribution is 2.40. The molecule has 0 bridgehead atoms. The van der Waals surface area contributed by atoms with Gasteiger partial charge in [-0.2, -0.15) is 14.7 Å². The van der Waals surface area contributed by atoms with E-state index in [-0.39, 0.29) is 11.3 Å². The molecular formula is C15H15N6O3S-. The van der Waals surface area contributed by atoms with Crippen molar-refractivity contribution in [3.05, 3.63) is 16.8 Å². The van der Waals surface area contributed by atoms with E-state index in [9.17, 15) is 9.90 Å². The summed E-state index contributed by atoms with van der Waals surface area (Å²) in [5, 5.41) is 19.7. The molecule has 0 atom stereocenters. The second kappa shape index (κ2) is 5.46. The first-order valence-electron chi connectivity index (χ1n) is 7.65. The molecule has 0 aliphatic carbocycles. The monoisotopic (exact) mass is 359 g/mol. The van der Waals surface area contributed by atoms with E-state index in [1.54, 1.807) is 0 Å². The van der Waals surface area contributed by atoms with Crippen LogP contribution in [0.1, 0.15) is 31.2 Å². The Labute approximate surface area is 146 Å². The van der Waals surface area contributed by atoms with Gasteiger partial charge in [-0.25, -0.2) is 15.4 Å². The van der Waals surface area contributed by atoms with Crippen molar-refractivity contribution in [1.29, 1.82) is 0 Å². The van der Waals surface area contributed by atoms with E-state index in [4.69, 9.17) is 4.74 Å². The minimum Gasteiger partial charge on any atom is -0.543 e. The van der Waals surface area contributed by atoms with Crippen LogP contribution in [0.15, 0.2) is 11.4 Å². The Morgan fingerprint density at radius 2 is 2.32 bits per heavy atom. The van der Waals surface area contributed by atoms with E-state index in [0.29, 0.717) is 18.2 Å². The Kier molecular flexibility index (Phi) is 3.48. The van der Waals surface area contributed by atoms with E-state index in [1.165, 1.54) is 34.7 Å². The summed E-state index contributed by atoms with van der Waals surface area (Å²) in [6.07, 6.45) is 2.20. The van der Waals surface area contributed by atoms with Gasteiger partial charge in [0.15, 0.2) is 5.65 Å². The standard InChI is InChI=1S/C15H16N6O3S/c1-7(13(22)23)19-20-14-18-12-10(11-16-6-17-21(11)14)8-4-15(2,3)24-5-9(8)25-12/h6H,4-5H2,1-3H3,(H,18,20)(H,22,23)/p-1/b19-7-. The summed E-state index contributed by atoms with van der Waals surface area (Å²) >= 11 is 1.54. The number of rotatable bonds is 3. The molecule has 1 aliphatic rings. The van der Waals surface area contributed by atoms with Crippen LogP contribution in [0.4, 0.5) is 5.95 Å². The number of aliphatic carboxylic acids is 1. The van der Waals surface area contributed by atoms with Gasteiger partial charge in [0.1, 0.15) is 11.2 Å². The first-order valence-corrected chi connectivity index (χ1v) is 8.47. The summed E-state index contributed by atoms with van der Waals surface area (Å²) in [5.41, 5.74) is 4.05. The molecule has 0 unspecified atom stereocenters. The number of carbonyl (C=O) groups is 1. The third-order valence-electron chi connectivity index (χ3n) is 4.07. The number of carboxylic acid groups (broad SMARTS) is 1. The highest BCUT2D eigenvalue weighted by Gasteiger charge is 2.31. The van der Waals surface area contributed by atoms with Gasteiger partial charge in [0.2, 0.25) is 5.95 Å². The molecule has 1 aliphatic heterocycles. The fraction of sp³-hybridized carbons (Fsp3) is 0.400. The van der Waals surface area contributed by atoms with Crippen LogP contribution in [0.3, 0.4) is 0 Å². The first-order chi connectivity index (χ1) is 11.9. The van der Waals surface area contributed by atoms with Crippen LogP contribution in [-0.4, -0.2) is 36.9 Å². The average molecular weight is 359 g/mol. The summed E-state index contributed by atoms with van der Waals surface area (Å²) in [5.74, 6) is -1.06. The van der Waals surface area contributed by atoms with Gasteiger partial charge in [-0.3, -0.25) is 0 Å². The zero-order valence-electron chi connectivity index (χ0n) is 13.9. The summed E-state index contributed by atoms with van der Waals surface area (Å²) in [6.45, 7) is 5.99. The van der Waals surface area contributed by atoms with Crippen molar-refractivity contribution < 1.29 is 14.6 Å². The van der Waals surface area contributed by atoms with E-state index < -0.39 is 5.97 Å². The van der Waals surface area contributed by atoms with Gasteiger partial charge in [-0.15, -0.1) is 11.3 Å². The number of hydrazone groups is 1. The zero-order chi connectivity index (χ0) is 17.8. The van der Waals surface area contributed by atoms with Gasteiger partial charge < -0.3 is 14.6 Å². The van der Waals surface area contributed by atoms with Crippen molar-refractivity contribution in [1.82, 2.24) is 19.6 Å². The number of hydrogen-bond acceptors (Lipinski definition) is 9. The summed E-state index contributed by atoms with van der Waals surface area (Å²) in [4.78, 5) is 21.6. The number of anilines is 1. The fourth-order valence-corrected chi connectivity index (χ4v) is 3.91. The molecule has 0 spiro atoms. The van der Waals surface area contributed by atoms with Crippen molar-refractivity contribution in [2.75, 3.05) is 5.43 Å². The van der Waals surface area contributed by atoms with Crippen LogP contribution in [0.5, 0.6) is 0 Å². The summed E-state index contributed by atoms with van der Waals surface area (Å²) in [7, 11) is 0. The number of aromatic nitrogens is 4. The highest BCUT2D eigenvalue weighted by molar-refractivity contribution is 7.19. The van der Waals surface area contributed by atoms with Gasteiger partial charge >= 0.3 is 0 Å². The topological polar surface area (TPSA) is 117 Å². The maximum Gasteiger partial charge on any atom is 0.248 e. The molecule has 10 heteroatoms. The number of thiophene rings is 1. The maximum atomic E-state index is 10.8. The van der Waals surface area contributed by atoms with E-state index in [0.717, 1.165) is 21.5 Å². The van der Waals surface area contributed by atoms with Crippen molar-refractivity contribution in [2.45, 2.75) is 39.4 Å². The van der Waals surface area contributed by atoms with Crippen molar-refractivity contribution >= 4 is 44.8 Å². The molecule has 0 saturated carbocycles. The van der Waals surface area contributed by atoms with E-state index in [1.807, 2.05) is 0 Å². The number of nitrogens with one attached hydrogen (secondary N) is 1. The normalized spacial score (nSPS) is 17.0. The molecule has 9 nitrogen and oxygen atoms in total. The smallest absolute Gasteiger partial charge is 0.248 e. The van der Waals surface area contributed by atoms with Crippen LogP contribution < -0.4 is 10.5 Å². The zero-order valence-corrected chi connectivity index (χ0v) is 14.7. The number of carboxylic acids is 1. The second-order valence-corrected chi connectivity index (χ2v) is 7.52. The summed E-state index contributed by atoms with van der Waals surface area (Å²) in [6, 6.07) is 0. The minimum atomic E-state index is -1.35. The SMILES string of the molecule is C/C(=N/Nc1nc2sc3c(c2c2ncnn12)CC(C)(C)OC3)C(=O)[O-]. The molecule has 4 heterocycles. The van der Waals surface area contributed by atoms with Gasteiger partial charge in [-0.1, -0.05) is 0 Å². The minimum absolute atomic E-state index is 0.184. The van der Waals surface area contributed by atoms with Gasteiger partial charge in [-0.05, 0) is 26.3 Å². The van der Waals surface area contributed by atoms with Crippen molar-refractivity contribution in [2.24, 2.45) is 5.10 Å². The molecule has 130 valence electrons. The van der Waals surface area contributed by atoms with Crippen LogP contribution in [0.2, 0.25) is 0 Å². The number of ether oxygens (including phenoxy) is 1. The first kappa shape index (κ1) is 15.9. The van der Waals surface area contributed by atoms with Crippen LogP contribution >= 0.6 is 11.3 Å². The predicted octanol–water partition coefficient (Wildman–Crippen LogP) is 0.728.